The fraction of sp³-hybridized carbons (Fsp3) is 0.176. The average Bonchev–Trinajstić information content (AvgIpc) is 3.16. The molecule has 3 aromatic rings. The molecule has 1 atom stereocenters. The molecule has 122 valence electrons. The van der Waals surface area contributed by atoms with Gasteiger partial charge in [0.2, 0.25) is 0 Å². The zero-order chi connectivity index (χ0) is 16.9. The van der Waals surface area contributed by atoms with Crippen LogP contribution in [0.25, 0.3) is 5.69 Å². The Kier molecular flexibility index (Phi) is 4.51. The minimum Gasteiger partial charge on any atom is -0.464 e. The van der Waals surface area contributed by atoms with Gasteiger partial charge in [-0.1, -0.05) is 12.1 Å². The van der Waals surface area contributed by atoms with Crippen LogP contribution in [0.3, 0.4) is 0 Å². The zero-order valence-corrected chi connectivity index (χ0v) is 13.4. The molecular formula is C17H17N5O2. The van der Waals surface area contributed by atoms with Crippen molar-refractivity contribution in [3.63, 3.8) is 0 Å². The summed E-state index contributed by atoms with van der Waals surface area (Å²) in [5.74, 6) is 0.0775. The molecule has 2 aromatic heterocycles. The van der Waals surface area contributed by atoms with Crippen LogP contribution in [0.15, 0.2) is 54.9 Å². The summed E-state index contributed by atoms with van der Waals surface area (Å²) in [6.45, 7) is 2.03. The monoisotopic (exact) mass is 323 g/mol. The van der Waals surface area contributed by atoms with E-state index in [1.165, 1.54) is 7.11 Å². The molecule has 0 unspecified atom stereocenters. The molecule has 0 aliphatic carbocycles. The third-order valence-corrected chi connectivity index (χ3v) is 3.56. The second-order valence-electron chi connectivity index (χ2n) is 5.21. The van der Waals surface area contributed by atoms with E-state index >= 15 is 0 Å². The molecule has 0 amide bonds. The Balaban J connectivity index is 1.74. The van der Waals surface area contributed by atoms with Crippen molar-refractivity contribution in [1.29, 1.82) is 0 Å². The first kappa shape index (κ1) is 15.7. The first-order valence-corrected chi connectivity index (χ1v) is 7.46. The predicted octanol–water partition coefficient (Wildman–Crippen LogP) is 2.62. The van der Waals surface area contributed by atoms with Gasteiger partial charge in [0, 0.05) is 12.4 Å². The number of anilines is 1. The Morgan fingerprint density at radius 1 is 1.21 bits per heavy atom. The van der Waals surface area contributed by atoms with Gasteiger partial charge in [0.15, 0.2) is 5.69 Å². The van der Waals surface area contributed by atoms with Gasteiger partial charge in [-0.05, 0) is 42.8 Å². The lowest BCUT2D eigenvalue weighted by atomic mass is 10.1. The fourth-order valence-electron chi connectivity index (χ4n) is 2.29. The van der Waals surface area contributed by atoms with E-state index in [1.807, 2.05) is 37.4 Å². The molecule has 0 radical (unpaired) electrons. The van der Waals surface area contributed by atoms with Crippen molar-refractivity contribution in [2.24, 2.45) is 0 Å². The van der Waals surface area contributed by atoms with Gasteiger partial charge in [-0.15, -0.1) is 10.2 Å². The van der Waals surface area contributed by atoms with E-state index in [0.29, 0.717) is 5.82 Å². The molecule has 24 heavy (non-hydrogen) atoms. The van der Waals surface area contributed by atoms with E-state index < -0.39 is 5.97 Å². The summed E-state index contributed by atoms with van der Waals surface area (Å²) in [6, 6.07) is 13.2. The topological polar surface area (TPSA) is 81.9 Å². The minimum absolute atomic E-state index is 0.0128. The number of hydrogen-bond donors (Lipinski definition) is 1. The lowest BCUT2D eigenvalue weighted by Gasteiger charge is -2.15. The Bertz CT molecular complexity index is 815. The van der Waals surface area contributed by atoms with Crippen molar-refractivity contribution in [1.82, 2.24) is 20.0 Å². The maximum atomic E-state index is 11.4. The summed E-state index contributed by atoms with van der Waals surface area (Å²) in [5.41, 5.74) is 2.25. The van der Waals surface area contributed by atoms with Gasteiger partial charge < -0.3 is 10.1 Å². The summed E-state index contributed by atoms with van der Waals surface area (Å²) in [5, 5.41) is 15.4. The van der Waals surface area contributed by atoms with Crippen molar-refractivity contribution in [3.05, 3.63) is 66.1 Å². The van der Waals surface area contributed by atoms with E-state index in [1.54, 1.807) is 23.0 Å². The lowest BCUT2D eigenvalue weighted by molar-refractivity contribution is 0.0593. The molecule has 7 nitrogen and oxygen atoms in total. The van der Waals surface area contributed by atoms with Crippen molar-refractivity contribution in [2.45, 2.75) is 13.0 Å². The predicted molar refractivity (Wildman–Crippen MR) is 89.0 cm³/mol. The molecule has 0 saturated carbocycles. The highest BCUT2D eigenvalue weighted by Crippen LogP contribution is 2.20. The Morgan fingerprint density at radius 3 is 2.75 bits per heavy atom. The number of rotatable bonds is 5. The van der Waals surface area contributed by atoms with Gasteiger partial charge in [-0.2, -0.15) is 5.10 Å². The van der Waals surface area contributed by atoms with Crippen LogP contribution in [0.5, 0.6) is 0 Å². The zero-order valence-electron chi connectivity index (χ0n) is 13.4. The summed E-state index contributed by atoms with van der Waals surface area (Å²) in [4.78, 5) is 11.4. The van der Waals surface area contributed by atoms with Crippen LogP contribution in [0.2, 0.25) is 0 Å². The van der Waals surface area contributed by atoms with Crippen LogP contribution < -0.4 is 5.32 Å². The molecule has 0 bridgehead atoms. The molecule has 0 fully saturated rings. The Hall–Kier alpha value is -3.22. The van der Waals surface area contributed by atoms with Crippen molar-refractivity contribution >= 4 is 11.8 Å². The van der Waals surface area contributed by atoms with Crippen molar-refractivity contribution in [3.8, 4) is 5.69 Å². The van der Waals surface area contributed by atoms with E-state index in [2.05, 4.69) is 31.4 Å². The second kappa shape index (κ2) is 6.91. The number of aromatic nitrogens is 4. The lowest BCUT2D eigenvalue weighted by Crippen LogP contribution is -2.11. The van der Waals surface area contributed by atoms with E-state index in [0.717, 1.165) is 11.3 Å². The highest BCUT2D eigenvalue weighted by Gasteiger charge is 2.10. The number of hydrogen-bond acceptors (Lipinski definition) is 6. The maximum absolute atomic E-state index is 11.4. The average molecular weight is 323 g/mol. The molecule has 0 saturated heterocycles. The van der Waals surface area contributed by atoms with Crippen molar-refractivity contribution < 1.29 is 9.53 Å². The number of carbonyl (C=O) groups is 1. The van der Waals surface area contributed by atoms with Crippen LogP contribution in [0.1, 0.15) is 29.0 Å². The molecule has 0 aliphatic rings. The van der Waals surface area contributed by atoms with Gasteiger partial charge in [0.25, 0.3) is 0 Å². The van der Waals surface area contributed by atoms with Crippen LogP contribution in [-0.4, -0.2) is 33.1 Å². The molecule has 7 heteroatoms. The number of nitrogens with zero attached hydrogens (tertiary/aromatic N) is 4. The quantitative estimate of drug-likeness (QED) is 0.727. The first-order chi connectivity index (χ1) is 11.7. The highest BCUT2D eigenvalue weighted by atomic mass is 16.5. The van der Waals surface area contributed by atoms with E-state index in [4.69, 9.17) is 0 Å². The number of methoxy groups -OCH3 is 1. The third-order valence-electron chi connectivity index (χ3n) is 3.56. The number of carbonyl (C=O) groups excluding carboxylic acids is 1. The summed E-state index contributed by atoms with van der Waals surface area (Å²) in [7, 11) is 1.31. The van der Waals surface area contributed by atoms with Crippen molar-refractivity contribution in [2.75, 3.05) is 12.4 Å². The molecule has 2 heterocycles. The summed E-state index contributed by atoms with van der Waals surface area (Å²) < 4.78 is 6.41. The van der Waals surface area contributed by atoms with Crippen LogP contribution in [0, 0.1) is 0 Å². The minimum atomic E-state index is -0.506. The van der Waals surface area contributed by atoms with E-state index in [9.17, 15) is 4.79 Å². The maximum Gasteiger partial charge on any atom is 0.358 e. The molecule has 1 N–H and O–H groups in total. The van der Waals surface area contributed by atoms with Gasteiger partial charge in [0.05, 0.1) is 18.8 Å². The Labute approximate surface area is 139 Å². The fourth-order valence-corrected chi connectivity index (χ4v) is 2.29. The summed E-state index contributed by atoms with van der Waals surface area (Å²) in [6.07, 6.45) is 3.64. The number of ether oxygens (including phenoxy) is 1. The number of nitrogens with one attached hydrogen (secondary N) is 1. The third kappa shape index (κ3) is 3.40. The van der Waals surface area contributed by atoms with E-state index in [-0.39, 0.29) is 11.7 Å². The number of esters is 1. The van der Waals surface area contributed by atoms with Gasteiger partial charge >= 0.3 is 5.97 Å². The largest absolute Gasteiger partial charge is 0.464 e. The highest BCUT2D eigenvalue weighted by molar-refractivity contribution is 5.86. The normalized spacial score (nSPS) is 11.8. The van der Waals surface area contributed by atoms with Gasteiger partial charge in [-0.3, -0.25) is 0 Å². The van der Waals surface area contributed by atoms with Crippen LogP contribution in [-0.2, 0) is 4.74 Å². The second-order valence-corrected chi connectivity index (χ2v) is 5.21. The smallest absolute Gasteiger partial charge is 0.358 e. The summed E-state index contributed by atoms with van der Waals surface area (Å²) >= 11 is 0. The van der Waals surface area contributed by atoms with Gasteiger partial charge in [-0.25, -0.2) is 9.48 Å². The first-order valence-electron chi connectivity index (χ1n) is 7.46. The standard InChI is InChI=1S/C17H17N5O2/c1-12(19-16-8-7-15(20-21-16)17(23)24-2)13-5-3-6-14(11-13)22-10-4-9-18-22/h3-12H,1-2H3,(H,19,21)/t12-/m1/s1. The molecule has 0 spiro atoms. The molecule has 1 aromatic carbocycles. The van der Waals surface area contributed by atoms with Crippen LogP contribution in [0.4, 0.5) is 5.82 Å². The van der Waals surface area contributed by atoms with Gasteiger partial charge in [0.1, 0.15) is 5.82 Å². The Morgan fingerprint density at radius 2 is 2.08 bits per heavy atom. The molecule has 0 aliphatic heterocycles. The van der Waals surface area contributed by atoms with Crippen LogP contribution >= 0.6 is 0 Å². The molecule has 3 rings (SSSR count). The number of benzene rings is 1. The molecular weight excluding hydrogens is 306 g/mol. The SMILES string of the molecule is COC(=O)c1ccc(N[C@H](C)c2cccc(-n3cccn3)c2)nn1.